The molecule has 1 aromatic rings. The molecule has 0 saturated carbocycles. The van der Waals surface area contributed by atoms with Gasteiger partial charge >= 0.3 is 6.09 Å². The maximum absolute atomic E-state index is 12.9. The first-order valence-electron chi connectivity index (χ1n) is 6.79. The van der Waals surface area contributed by atoms with Gasteiger partial charge in [-0.2, -0.15) is 9.65 Å². The van der Waals surface area contributed by atoms with E-state index in [0.717, 1.165) is 5.56 Å². The molecule has 6 heteroatoms. The first kappa shape index (κ1) is 15.2. The van der Waals surface area contributed by atoms with E-state index in [1.807, 2.05) is 0 Å². The van der Waals surface area contributed by atoms with E-state index in [4.69, 9.17) is 4.74 Å². The monoisotopic (exact) mass is 291 g/mol. The van der Waals surface area contributed by atoms with Gasteiger partial charge in [0.05, 0.1) is 12.0 Å². The fraction of sp³-hybridized carbons (Fsp3) is 0.533. The van der Waals surface area contributed by atoms with Gasteiger partial charge in [0.25, 0.3) is 0 Å². The second-order valence-corrected chi connectivity index (χ2v) is 6.14. The summed E-state index contributed by atoms with van der Waals surface area (Å²) in [5, 5.41) is 9.26. The number of ether oxygens (including phenoxy) is 1. The fourth-order valence-corrected chi connectivity index (χ4v) is 2.35. The number of aromatic nitrogens is 1. The van der Waals surface area contributed by atoms with Gasteiger partial charge in [-0.3, -0.25) is 0 Å². The molecule has 0 aliphatic carbocycles. The molecule has 5 nitrogen and oxygen atoms in total. The Morgan fingerprint density at radius 2 is 2.19 bits per heavy atom. The van der Waals surface area contributed by atoms with Crippen molar-refractivity contribution in [2.45, 2.75) is 32.3 Å². The molecular weight excluding hydrogens is 273 g/mol. The van der Waals surface area contributed by atoms with E-state index in [0.29, 0.717) is 13.1 Å². The molecule has 21 heavy (non-hydrogen) atoms. The summed E-state index contributed by atoms with van der Waals surface area (Å²) in [7, 11) is 0. The van der Waals surface area contributed by atoms with Gasteiger partial charge < -0.3 is 9.64 Å². The Bertz CT molecular complexity index is 560. The highest BCUT2D eigenvalue weighted by Gasteiger charge is 2.38. The smallest absolute Gasteiger partial charge is 0.410 e. The SMILES string of the molecule is CC(C)(C)OC(=O)N1C[C@@H](C#N)[C@H](c2ccc(F)nc2)C1. The van der Waals surface area contributed by atoms with Crippen LogP contribution in [0.3, 0.4) is 0 Å². The number of hydrogen-bond acceptors (Lipinski definition) is 4. The van der Waals surface area contributed by atoms with Crippen LogP contribution in [0.2, 0.25) is 0 Å². The van der Waals surface area contributed by atoms with Crippen molar-refractivity contribution in [3.8, 4) is 6.07 Å². The summed E-state index contributed by atoms with van der Waals surface area (Å²) in [6, 6.07) is 5.07. The molecule has 0 aromatic carbocycles. The Kier molecular flexibility index (Phi) is 4.12. The molecule has 1 aliphatic heterocycles. The van der Waals surface area contributed by atoms with Crippen LogP contribution in [0.1, 0.15) is 32.3 Å². The summed E-state index contributed by atoms with van der Waals surface area (Å²) >= 11 is 0. The third kappa shape index (κ3) is 3.69. The number of pyridine rings is 1. The van der Waals surface area contributed by atoms with Gasteiger partial charge in [0.15, 0.2) is 0 Å². The third-order valence-corrected chi connectivity index (χ3v) is 3.32. The van der Waals surface area contributed by atoms with Crippen LogP contribution >= 0.6 is 0 Å². The first-order chi connectivity index (χ1) is 9.80. The Morgan fingerprint density at radius 3 is 2.71 bits per heavy atom. The van der Waals surface area contributed by atoms with Gasteiger partial charge in [-0.25, -0.2) is 9.78 Å². The average molecular weight is 291 g/mol. The first-order valence-corrected chi connectivity index (χ1v) is 6.79. The van der Waals surface area contributed by atoms with E-state index in [9.17, 15) is 14.4 Å². The molecule has 0 N–H and O–H groups in total. The number of amides is 1. The van der Waals surface area contributed by atoms with E-state index < -0.39 is 17.6 Å². The maximum Gasteiger partial charge on any atom is 0.410 e. The minimum atomic E-state index is -0.575. The molecule has 1 aromatic heterocycles. The molecule has 1 aliphatic rings. The van der Waals surface area contributed by atoms with Gasteiger partial charge in [-0.1, -0.05) is 6.07 Å². The molecule has 1 amide bonds. The van der Waals surface area contributed by atoms with Gasteiger partial charge in [0.1, 0.15) is 5.60 Å². The predicted octanol–water partition coefficient (Wildman–Crippen LogP) is 2.69. The molecular formula is C15H18FN3O2. The van der Waals surface area contributed by atoms with Crippen molar-refractivity contribution in [1.82, 2.24) is 9.88 Å². The molecule has 112 valence electrons. The Balaban J connectivity index is 2.13. The second kappa shape index (κ2) is 5.68. The molecule has 0 bridgehead atoms. The van der Waals surface area contributed by atoms with Crippen molar-refractivity contribution < 1.29 is 13.9 Å². The van der Waals surface area contributed by atoms with E-state index in [-0.39, 0.29) is 11.8 Å². The van der Waals surface area contributed by atoms with Crippen LogP contribution in [-0.4, -0.2) is 34.7 Å². The number of nitriles is 1. The van der Waals surface area contributed by atoms with E-state index in [1.54, 1.807) is 26.8 Å². The summed E-state index contributed by atoms with van der Waals surface area (Å²) < 4.78 is 18.2. The lowest BCUT2D eigenvalue weighted by Gasteiger charge is -2.24. The number of carbonyl (C=O) groups is 1. The highest BCUT2D eigenvalue weighted by atomic mass is 19.1. The van der Waals surface area contributed by atoms with Crippen LogP contribution in [-0.2, 0) is 4.74 Å². The molecule has 0 radical (unpaired) electrons. The van der Waals surface area contributed by atoms with Crippen LogP contribution in [0.15, 0.2) is 18.3 Å². The molecule has 1 fully saturated rings. The van der Waals surface area contributed by atoms with Crippen molar-refractivity contribution in [2.75, 3.05) is 13.1 Å². The standard InChI is InChI=1S/C15H18FN3O2/c1-15(2,3)21-14(20)19-8-11(6-17)12(9-19)10-4-5-13(16)18-7-10/h4-5,7,11-12H,8-9H2,1-3H3/t11-,12+/m1/s1. The van der Waals surface area contributed by atoms with Crippen molar-refractivity contribution in [2.24, 2.45) is 5.92 Å². The lowest BCUT2D eigenvalue weighted by molar-refractivity contribution is 0.0289. The van der Waals surface area contributed by atoms with Crippen LogP contribution < -0.4 is 0 Å². The van der Waals surface area contributed by atoms with Crippen molar-refractivity contribution in [1.29, 1.82) is 5.26 Å². The van der Waals surface area contributed by atoms with Crippen LogP contribution in [0, 0.1) is 23.2 Å². The predicted molar refractivity (Wildman–Crippen MR) is 73.8 cm³/mol. The van der Waals surface area contributed by atoms with Crippen molar-refractivity contribution in [3.05, 3.63) is 29.8 Å². The minimum Gasteiger partial charge on any atom is -0.444 e. The van der Waals surface area contributed by atoms with Gasteiger partial charge in [-0.05, 0) is 32.4 Å². The summed E-state index contributed by atoms with van der Waals surface area (Å²) in [4.78, 5) is 17.2. The van der Waals surface area contributed by atoms with E-state index in [1.165, 1.54) is 17.2 Å². The maximum atomic E-state index is 12.9. The lowest BCUT2D eigenvalue weighted by atomic mass is 9.91. The van der Waals surface area contributed by atoms with Crippen LogP contribution in [0.4, 0.5) is 9.18 Å². The Labute approximate surface area is 123 Å². The number of hydrogen-bond donors (Lipinski definition) is 0. The number of carbonyl (C=O) groups excluding carboxylic acids is 1. The van der Waals surface area contributed by atoms with E-state index >= 15 is 0 Å². The molecule has 0 spiro atoms. The summed E-state index contributed by atoms with van der Waals surface area (Å²) in [5.74, 6) is -1.07. The summed E-state index contributed by atoms with van der Waals surface area (Å²) in [6.07, 6.45) is 0.989. The zero-order valence-electron chi connectivity index (χ0n) is 12.3. The highest BCUT2D eigenvalue weighted by molar-refractivity contribution is 5.69. The molecule has 2 heterocycles. The van der Waals surface area contributed by atoms with Crippen molar-refractivity contribution in [3.63, 3.8) is 0 Å². The normalized spacial score (nSPS) is 22.0. The number of likely N-dealkylation sites (tertiary alicyclic amines) is 1. The molecule has 2 rings (SSSR count). The molecule has 2 atom stereocenters. The number of nitrogens with zero attached hydrogens (tertiary/aromatic N) is 3. The Hall–Kier alpha value is -2.16. The summed E-state index contributed by atoms with van der Waals surface area (Å²) in [6.45, 7) is 6.08. The highest BCUT2D eigenvalue weighted by Crippen LogP contribution is 2.32. The van der Waals surface area contributed by atoms with Crippen LogP contribution in [0.25, 0.3) is 0 Å². The topological polar surface area (TPSA) is 66.2 Å². The molecule has 1 saturated heterocycles. The zero-order chi connectivity index (χ0) is 15.6. The Morgan fingerprint density at radius 1 is 1.48 bits per heavy atom. The largest absolute Gasteiger partial charge is 0.444 e. The number of halogens is 1. The van der Waals surface area contributed by atoms with Gasteiger partial charge in [0.2, 0.25) is 5.95 Å². The minimum absolute atomic E-state index is 0.171. The van der Waals surface area contributed by atoms with Crippen molar-refractivity contribution >= 4 is 6.09 Å². The lowest BCUT2D eigenvalue weighted by Crippen LogP contribution is -2.35. The fourth-order valence-electron chi connectivity index (χ4n) is 2.35. The number of rotatable bonds is 1. The summed E-state index contributed by atoms with van der Waals surface area (Å²) in [5.41, 5.74) is 0.184. The second-order valence-electron chi connectivity index (χ2n) is 6.14. The van der Waals surface area contributed by atoms with Gasteiger partial charge in [0, 0.05) is 25.2 Å². The van der Waals surface area contributed by atoms with Crippen LogP contribution in [0.5, 0.6) is 0 Å². The molecule has 0 unspecified atom stereocenters. The average Bonchev–Trinajstić information content (AvgIpc) is 2.82. The van der Waals surface area contributed by atoms with Gasteiger partial charge in [-0.15, -0.1) is 0 Å². The zero-order valence-corrected chi connectivity index (χ0v) is 12.3. The van der Waals surface area contributed by atoms with E-state index in [2.05, 4.69) is 11.1 Å². The quantitative estimate of drug-likeness (QED) is 0.746. The third-order valence-electron chi connectivity index (χ3n) is 3.32.